The molecule has 1 heterocycles. The lowest BCUT2D eigenvalue weighted by Gasteiger charge is -2.01. The fourth-order valence-electron chi connectivity index (χ4n) is 1.83. The molecule has 2 aromatic rings. The van der Waals surface area contributed by atoms with E-state index in [1.54, 1.807) is 7.05 Å². The van der Waals surface area contributed by atoms with Crippen LogP contribution in [0.15, 0.2) is 29.4 Å². The van der Waals surface area contributed by atoms with E-state index in [1.165, 1.54) is 10.9 Å². The van der Waals surface area contributed by atoms with Gasteiger partial charge in [0.05, 0.1) is 0 Å². The zero-order valence-corrected chi connectivity index (χ0v) is 9.33. The van der Waals surface area contributed by atoms with E-state index >= 15 is 0 Å². The maximum absolute atomic E-state index is 5.79. The van der Waals surface area contributed by atoms with E-state index in [1.807, 2.05) is 18.3 Å². The molecule has 2 rings (SSSR count). The van der Waals surface area contributed by atoms with Crippen molar-refractivity contribution in [3.05, 3.63) is 35.5 Å². The van der Waals surface area contributed by atoms with Crippen molar-refractivity contribution in [3.8, 4) is 0 Å². The quantitative estimate of drug-likeness (QED) is 0.528. The number of fused-ring (bicyclic) bond motifs is 1. The van der Waals surface area contributed by atoms with Crippen LogP contribution >= 0.6 is 0 Å². The molecular weight excluding hydrogens is 200 g/mol. The van der Waals surface area contributed by atoms with Gasteiger partial charge in [-0.2, -0.15) is 0 Å². The minimum atomic E-state index is 0.557. The molecule has 0 spiro atoms. The average molecular weight is 216 g/mol. The first kappa shape index (κ1) is 10.7. The molecule has 16 heavy (non-hydrogen) atoms. The highest BCUT2D eigenvalue weighted by Crippen LogP contribution is 2.20. The number of aliphatic imine (C=N–C) groups is 1. The monoisotopic (exact) mass is 216 g/mol. The Morgan fingerprint density at radius 1 is 1.44 bits per heavy atom. The summed E-state index contributed by atoms with van der Waals surface area (Å²) in [5.74, 6) is 0.557. The molecule has 1 aromatic heterocycles. The molecular formula is C12H16N4. The number of H-pyrrole nitrogens is 1. The number of aromatic nitrogens is 1. The highest BCUT2D eigenvalue weighted by Gasteiger charge is 2.05. The fourth-order valence-corrected chi connectivity index (χ4v) is 1.83. The summed E-state index contributed by atoms with van der Waals surface area (Å²) >= 11 is 0. The van der Waals surface area contributed by atoms with Crippen molar-refractivity contribution in [1.29, 1.82) is 0 Å². The highest BCUT2D eigenvalue weighted by molar-refractivity contribution is 6.01. The van der Waals surface area contributed by atoms with Crippen LogP contribution in [0.5, 0.6) is 0 Å². The summed E-state index contributed by atoms with van der Waals surface area (Å²) in [6.07, 6.45) is 2.87. The van der Waals surface area contributed by atoms with Gasteiger partial charge in [-0.15, -0.1) is 0 Å². The highest BCUT2D eigenvalue weighted by atomic mass is 14.8. The average Bonchev–Trinajstić information content (AvgIpc) is 2.71. The second-order valence-electron chi connectivity index (χ2n) is 3.72. The van der Waals surface area contributed by atoms with Gasteiger partial charge >= 0.3 is 0 Å². The third-order valence-corrected chi connectivity index (χ3v) is 2.72. The fraction of sp³-hybridized carbons (Fsp3) is 0.250. The Labute approximate surface area is 94.4 Å². The van der Waals surface area contributed by atoms with Gasteiger partial charge in [0.2, 0.25) is 0 Å². The van der Waals surface area contributed by atoms with Crippen molar-refractivity contribution < 1.29 is 0 Å². The predicted octanol–water partition coefficient (Wildman–Crippen LogP) is 1.00. The van der Waals surface area contributed by atoms with Gasteiger partial charge in [-0.3, -0.25) is 4.99 Å². The maximum atomic E-state index is 5.79. The summed E-state index contributed by atoms with van der Waals surface area (Å²) in [6, 6.07) is 6.04. The molecule has 84 valence electrons. The minimum Gasteiger partial charge on any atom is -0.384 e. The lowest BCUT2D eigenvalue weighted by molar-refractivity contribution is 0.976. The molecule has 0 aliphatic rings. The van der Waals surface area contributed by atoms with E-state index < -0.39 is 0 Å². The van der Waals surface area contributed by atoms with Crippen molar-refractivity contribution >= 4 is 16.7 Å². The number of aromatic amines is 1. The molecule has 5 N–H and O–H groups in total. The molecule has 0 saturated carbocycles. The topological polar surface area (TPSA) is 80.2 Å². The van der Waals surface area contributed by atoms with E-state index in [4.69, 9.17) is 11.5 Å². The summed E-state index contributed by atoms with van der Waals surface area (Å²) in [5, 5.41) is 1.18. The van der Waals surface area contributed by atoms with Gasteiger partial charge in [-0.1, -0.05) is 0 Å². The third-order valence-electron chi connectivity index (χ3n) is 2.72. The Morgan fingerprint density at radius 2 is 2.25 bits per heavy atom. The molecule has 0 aliphatic heterocycles. The van der Waals surface area contributed by atoms with Gasteiger partial charge in [0.25, 0.3) is 0 Å². The Kier molecular flexibility index (Phi) is 2.92. The van der Waals surface area contributed by atoms with Gasteiger partial charge in [0.1, 0.15) is 5.84 Å². The molecule has 0 atom stereocenters. The van der Waals surface area contributed by atoms with Crippen LogP contribution in [0.25, 0.3) is 10.9 Å². The summed E-state index contributed by atoms with van der Waals surface area (Å²) in [5.41, 5.74) is 14.7. The van der Waals surface area contributed by atoms with Gasteiger partial charge in [0.15, 0.2) is 0 Å². The second kappa shape index (κ2) is 4.37. The number of benzene rings is 1. The van der Waals surface area contributed by atoms with Crippen LogP contribution in [0.2, 0.25) is 0 Å². The molecule has 0 fully saturated rings. The normalized spacial score (nSPS) is 12.2. The number of amidine groups is 1. The number of nitrogens with two attached hydrogens (primary N) is 2. The standard InChI is InChI=1S/C12H16N4/c1-15-12(14)8-2-3-11-10(6-8)9(4-5-13)7-16-11/h2-3,6-7,16H,4-5,13H2,1H3,(H2,14,15). The van der Waals surface area contributed by atoms with Crippen LogP contribution in [-0.2, 0) is 6.42 Å². The summed E-state index contributed by atoms with van der Waals surface area (Å²) in [7, 11) is 1.69. The van der Waals surface area contributed by atoms with Crippen LogP contribution in [0, 0.1) is 0 Å². The van der Waals surface area contributed by atoms with E-state index in [0.29, 0.717) is 12.4 Å². The molecule has 0 amide bonds. The van der Waals surface area contributed by atoms with Gasteiger partial charge < -0.3 is 16.5 Å². The van der Waals surface area contributed by atoms with E-state index in [0.717, 1.165) is 17.5 Å². The summed E-state index contributed by atoms with van der Waals surface area (Å²) in [4.78, 5) is 7.21. The van der Waals surface area contributed by atoms with Gasteiger partial charge in [0, 0.05) is 29.7 Å². The number of nitrogens with zero attached hydrogens (tertiary/aromatic N) is 1. The van der Waals surface area contributed by atoms with Crippen LogP contribution < -0.4 is 11.5 Å². The largest absolute Gasteiger partial charge is 0.384 e. The minimum absolute atomic E-state index is 0.557. The van der Waals surface area contributed by atoms with Gasteiger partial charge in [-0.25, -0.2) is 0 Å². The lowest BCUT2D eigenvalue weighted by Crippen LogP contribution is -2.12. The zero-order chi connectivity index (χ0) is 11.5. The number of hydrogen-bond acceptors (Lipinski definition) is 2. The van der Waals surface area contributed by atoms with Crippen molar-refractivity contribution in [1.82, 2.24) is 4.98 Å². The Balaban J connectivity index is 2.54. The second-order valence-corrected chi connectivity index (χ2v) is 3.72. The molecule has 0 unspecified atom stereocenters. The smallest absolute Gasteiger partial charge is 0.125 e. The Morgan fingerprint density at radius 3 is 2.94 bits per heavy atom. The number of rotatable bonds is 3. The van der Waals surface area contributed by atoms with Crippen LogP contribution in [0.3, 0.4) is 0 Å². The molecule has 0 bridgehead atoms. The number of hydrogen-bond donors (Lipinski definition) is 3. The molecule has 1 aromatic carbocycles. The van der Waals surface area contributed by atoms with Crippen LogP contribution in [0.4, 0.5) is 0 Å². The van der Waals surface area contributed by atoms with Crippen molar-refractivity contribution in [2.75, 3.05) is 13.6 Å². The SMILES string of the molecule is CN=C(N)c1ccc2[nH]cc(CCN)c2c1. The summed E-state index contributed by atoms with van der Waals surface area (Å²) < 4.78 is 0. The van der Waals surface area contributed by atoms with Crippen molar-refractivity contribution in [2.24, 2.45) is 16.5 Å². The molecule has 0 aliphatic carbocycles. The van der Waals surface area contributed by atoms with Gasteiger partial charge in [-0.05, 0) is 36.7 Å². The van der Waals surface area contributed by atoms with Crippen molar-refractivity contribution in [3.63, 3.8) is 0 Å². The van der Waals surface area contributed by atoms with E-state index in [2.05, 4.69) is 16.0 Å². The molecule has 4 heteroatoms. The molecule has 4 nitrogen and oxygen atoms in total. The first-order chi connectivity index (χ1) is 7.76. The molecule has 0 radical (unpaired) electrons. The lowest BCUT2D eigenvalue weighted by atomic mass is 10.1. The van der Waals surface area contributed by atoms with Crippen LogP contribution in [0.1, 0.15) is 11.1 Å². The number of nitrogens with one attached hydrogen (secondary N) is 1. The zero-order valence-electron chi connectivity index (χ0n) is 9.33. The Hall–Kier alpha value is -1.81. The maximum Gasteiger partial charge on any atom is 0.125 e. The third kappa shape index (κ3) is 1.79. The Bertz CT molecular complexity index is 525. The predicted molar refractivity (Wildman–Crippen MR) is 67.7 cm³/mol. The van der Waals surface area contributed by atoms with E-state index in [9.17, 15) is 0 Å². The first-order valence-electron chi connectivity index (χ1n) is 5.29. The van der Waals surface area contributed by atoms with Crippen LogP contribution in [-0.4, -0.2) is 24.4 Å². The first-order valence-corrected chi connectivity index (χ1v) is 5.29. The van der Waals surface area contributed by atoms with Crippen molar-refractivity contribution in [2.45, 2.75) is 6.42 Å². The molecule has 0 saturated heterocycles. The van der Waals surface area contributed by atoms with E-state index in [-0.39, 0.29) is 0 Å². The summed E-state index contributed by atoms with van der Waals surface area (Å²) in [6.45, 7) is 0.647.